The Morgan fingerprint density at radius 3 is 2.90 bits per heavy atom. The number of rotatable bonds is 5. The molecule has 7 nitrogen and oxygen atoms in total. The molecule has 3 atom stereocenters. The molecule has 0 radical (unpaired) electrons. The number of aromatic amines is 1. The zero-order valence-corrected chi connectivity index (χ0v) is 17.3. The van der Waals surface area contributed by atoms with Gasteiger partial charge in [-0.05, 0) is 23.6 Å². The number of esters is 1. The minimum absolute atomic E-state index is 0.106. The molecular formula is C20H24ClFN4O3. The number of hydrogen-bond donors (Lipinski definition) is 2. The van der Waals surface area contributed by atoms with Crippen LogP contribution in [0.5, 0.6) is 0 Å². The highest BCUT2D eigenvalue weighted by molar-refractivity contribution is 6.31. The number of nitrogens with one attached hydrogen (secondary N) is 2. The van der Waals surface area contributed by atoms with Crippen LogP contribution in [0.15, 0.2) is 24.5 Å². The fourth-order valence-electron chi connectivity index (χ4n) is 3.55. The molecule has 1 unspecified atom stereocenters. The predicted octanol–water partition coefficient (Wildman–Crippen LogP) is 3.45. The normalized spacial score (nSPS) is 18.0. The van der Waals surface area contributed by atoms with Crippen molar-refractivity contribution < 1.29 is 18.7 Å². The molecule has 0 fully saturated rings. The number of benzene rings is 1. The van der Waals surface area contributed by atoms with Crippen LogP contribution in [0.3, 0.4) is 0 Å². The fourth-order valence-corrected chi connectivity index (χ4v) is 3.82. The number of imidazole rings is 1. The number of hydrogen-bond acceptors (Lipinski definition) is 4. The van der Waals surface area contributed by atoms with E-state index in [1.807, 2.05) is 13.8 Å². The lowest BCUT2D eigenvalue weighted by Gasteiger charge is -2.37. The number of nitrogens with zero attached hydrogens (tertiary/aromatic N) is 2. The van der Waals surface area contributed by atoms with Crippen molar-refractivity contribution in [2.45, 2.75) is 38.8 Å². The molecule has 1 aromatic carbocycles. The van der Waals surface area contributed by atoms with Crippen LogP contribution in [0.1, 0.15) is 43.3 Å². The van der Waals surface area contributed by atoms with Crippen LogP contribution >= 0.6 is 11.6 Å². The summed E-state index contributed by atoms with van der Waals surface area (Å²) >= 11 is 6.31. The summed E-state index contributed by atoms with van der Waals surface area (Å²) < 4.78 is 18.4. The van der Waals surface area contributed by atoms with Crippen LogP contribution < -0.4 is 5.32 Å². The summed E-state index contributed by atoms with van der Waals surface area (Å²) in [6.45, 7) is 4.19. The van der Waals surface area contributed by atoms with Crippen molar-refractivity contribution in [1.29, 1.82) is 0 Å². The second kappa shape index (κ2) is 8.82. The van der Waals surface area contributed by atoms with Gasteiger partial charge in [0.1, 0.15) is 17.9 Å². The van der Waals surface area contributed by atoms with E-state index in [9.17, 15) is 14.0 Å². The molecule has 0 saturated carbocycles. The third-order valence-electron chi connectivity index (χ3n) is 5.39. The largest absolute Gasteiger partial charge is 0.467 e. The summed E-state index contributed by atoms with van der Waals surface area (Å²) in [5.74, 6) is -1.07. The van der Waals surface area contributed by atoms with E-state index >= 15 is 0 Å². The molecule has 0 bridgehead atoms. The Morgan fingerprint density at radius 2 is 2.24 bits per heavy atom. The Kier molecular flexibility index (Phi) is 6.42. The Hall–Kier alpha value is -2.61. The van der Waals surface area contributed by atoms with Gasteiger partial charge in [0.15, 0.2) is 0 Å². The third-order valence-corrected chi connectivity index (χ3v) is 5.72. The maximum absolute atomic E-state index is 13.6. The molecule has 156 valence electrons. The van der Waals surface area contributed by atoms with Crippen molar-refractivity contribution in [1.82, 2.24) is 20.2 Å². The number of carbonyl (C=O) groups excluding carboxylic acids is 2. The molecule has 0 saturated heterocycles. The lowest BCUT2D eigenvalue weighted by molar-refractivity contribution is -0.144. The molecule has 2 N–H and O–H groups in total. The van der Waals surface area contributed by atoms with Crippen molar-refractivity contribution in [2.75, 3.05) is 13.7 Å². The number of methoxy groups -OCH3 is 1. The molecule has 1 aliphatic heterocycles. The van der Waals surface area contributed by atoms with E-state index in [0.29, 0.717) is 30.6 Å². The Bertz CT molecular complexity index is 904. The van der Waals surface area contributed by atoms with Gasteiger partial charge >= 0.3 is 12.0 Å². The number of urea groups is 1. The van der Waals surface area contributed by atoms with Gasteiger partial charge in [-0.3, -0.25) is 0 Å². The molecule has 2 amide bonds. The van der Waals surface area contributed by atoms with Gasteiger partial charge in [-0.1, -0.05) is 37.9 Å². The van der Waals surface area contributed by atoms with Crippen LogP contribution in [-0.4, -0.2) is 46.6 Å². The highest BCUT2D eigenvalue weighted by atomic mass is 35.5. The Morgan fingerprint density at radius 1 is 1.48 bits per heavy atom. The number of halogens is 2. The molecule has 2 aromatic rings. The zero-order chi connectivity index (χ0) is 21.1. The fraction of sp³-hybridized carbons (Fsp3) is 0.450. The standard InChI is InChI=1S/C20H24ClFN4O3/c1-4-11(2)16(19(27)29-3)25-20(28)26-8-7-15-17(24-10-23-15)18(26)13-6-5-12(22)9-14(13)21/h5-6,9-11,16,18H,4,7-8H2,1-3H3,(H,23,24)(H,25,28)/t11-,16+,18?/m1/s1. The number of fused-ring (bicyclic) bond motifs is 1. The van der Waals surface area contributed by atoms with Crippen molar-refractivity contribution in [2.24, 2.45) is 5.92 Å². The van der Waals surface area contributed by atoms with Gasteiger partial charge in [0.25, 0.3) is 0 Å². The van der Waals surface area contributed by atoms with Gasteiger partial charge in [0, 0.05) is 23.7 Å². The van der Waals surface area contributed by atoms with Gasteiger partial charge < -0.3 is 19.9 Å². The molecule has 0 aliphatic carbocycles. The third kappa shape index (κ3) is 4.22. The maximum Gasteiger partial charge on any atom is 0.328 e. The molecule has 1 aliphatic rings. The first-order chi connectivity index (χ1) is 13.9. The van der Waals surface area contributed by atoms with Crippen LogP contribution in [0.2, 0.25) is 5.02 Å². The van der Waals surface area contributed by atoms with Gasteiger partial charge in [0.05, 0.1) is 19.1 Å². The first kappa shape index (κ1) is 21.1. The second-order valence-electron chi connectivity index (χ2n) is 7.11. The first-order valence-electron chi connectivity index (χ1n) is 9.49. The van der Waals surface area contributed by atoms with Crippen molar-refractivity contribution in [3.05, 3.63) is 52.3 Å². The highest BCUT2D eigenvalue weighted by Crippen LogP contribution is 2.37. The number of amides is 2. The van der Waals surface area contributed by atoms with Gasteiger partial charge in [0.2, 0.25) is 0 Å². The molecule has 29 heavy (non-hydrogen) atoms. The van der Waals surface area contributed by atoms with E-state index in [-0.39, 0.29) is 10.9 Å². The van der Waals surface area contributed by atoms with E-state index in [2.05, 4.69) is 15.3 Å². The summed E-state index contributed by atoms with van der Waals surface area (Å²) in [5, 5.41) is 3.00. The van der Waals surface area contributed by atoms with E-state index in [1.54, 1.807) is 17.3 Å². The van der Waals surface area contributed by atoms with Gasteiger partial charge in [-0.25, -0.2) is 19.0 Å². The molecular weight excluding hydrogens is 399 g/mol. The quantitative estimate of drug-likeness (QED) is 0.722. The minimum atomic E-state index is -0.776. The van der Waals surface area contributed by atoms with Gasteiger partial charge in [-0.15, -0.1) is 0 Å². The number of ether oxygens (including phenoxy) is 1. The topological polar surface area (TPSA) is 87.3 Å². The maximum atomic E-state index is 13.6. The Labute approximate surface area is 173 Å². The summed E-state index contributed by atoms with van der Waals surface area (Å²) in [7, 11) is 1.29. The molecule has 1 aromatic heterocycles. The van der Waals surface area contributed by atoms with Crippen molar-refractivity contribution >= 4 is 23.6 Å². The molecule has 0 spiro atoms. The van der Waals surface area contributed by atoms with Gasteiger partial charge in [-0.2, -0.15) is 0 Å². The van der Waals surface area contributed by atoms with E-state index in [4.69, 9.17) is 16.3 Å². The zero-order valence-electron chi connectivity index (χ0n) is 16.5. The smallest absolute Gasteiger partial charge is 0.328 e. The molecule has 9 heteroatoms. The Balaban J connectivity index is 1.96. The number of carbonyl (C=O) groups is 2. The van der Waals surface area contributed by atoms with E-state index < -0.39 is 29.9 Å². The highest BCUT2D eigenvalue weighted by Gasteiger charge is 2.37. The van der Waals surface area contributed by atoms with Crippen molar-refractivity contribution in [3.8, 4) is 0 Å². The summed E-state index contributed by atoms with van der Waals surface area (Å²) in [6.07, 6.45) is 2.83. The van der Waals surface area contributed by atoms with E-state index in [0.717, 1.165) is 5.69 Å². The second-order valence-corrected chi connectivity index (χ2v) is 7.52. The lowest BCUT2D eigenvalue weighted by Crippen LogP contribution is -2.53. The van der Waals surface area contributed by atoms with Crippen LogP contribution in [0.4, 0.5) is 9.18 Å². The number of aromatic nitrogens is 2. The monoisotopic (exact) mass is 422 g/mol. The number of H-pyrrole nitrogens is 1. The summed E-state index contributed by atoms with van der Waals surface area (Å²) in [5.41, 5.74) is 2.11. The van der Waals surface area contributed by atoms with E-state index in [1.165, 1.54) is 19.2 Å². The molecule has 2 heterocycles. The van der Waals surface area contributed by atoms with Crippen molar-refractivity contribution in [3.63, 3.8) is 0 Å². The molecule has 3 rings (SSSR count). The summed E-state index contributed by atoms with van der Waals surface area (Å²) in [4.78, 5) is 34.4. The average Bonchev–Trinajstić information content (AvgIpc) is 3.19. The van der Waals surface area contributed by atoms with Crippen LogP contribution in [0.25, 0.3) is 0 Å². The lowest BCUT2D eigenvalue weighted by atomic mass is 9.95. The predicted molar refractivity (Wildman–Crippen MR) is 106 cm³/mol. The first-order valence-corrected chi connectivity index (χ1v) is 9.87. The average molecular weight is 423 g/mol. The minimum Gasteiger partial charge on any atom is -0.467 e. The SMILES string of the molecule is CC[C@@H](C)[C@H](NC(=O)N1CCc2[nH]cnc2C1c1ccc(F)cc1Cl)C(=O)OC. The van der Waals surface area contributed by atoms with Crippen LogP contribution in [0, 0.1) is 11.7 Å². The van der Waals surface area contributed by atoms with Crippen LogP contribution in [-0.2, 0) is 16.0 Å². The summed E-state index contributed by atoms with van der Waals surface area (Å²) in [6, 6.07) is 2.26.